The summed E-state index contributed by atoms with van der Waals surface area (Å²) in [6.07, 6.45) is 8.49. The van der Waals surface area contributed by atoms with Crippen LogP contribution in [0.3, 0.4) is 0 Å². The first kappa shape index (κ1) is 18.4. The van der Waals surface area contributed by atoms with Gasteiger partial charge in [0.1, 0.15) is 12.7 Å². The van der Waals surface area contributed by atoms with Crippen LogP contribution in [0.25, 0.3) is 5.69 Å². The second kappa shape index (κ2) is 7.97. The van der Waals surface area contributed by atoms with Crippen LogP contribution in [0, 0.1) is 0 Å². The normalized spacial score (nSPS) is 14.4. The van der Waals surface area contributed by atoms with E-state index in [0.29, 0.717) is 6.42 Å². The summed E-state index contributed by atoms with van der Waals surface area (Å²) >= 11 is 0. The predicted octanol–water partition coefficient (Wildman–Crippen LogP) is 3.91. The number of fused-ring (bicyclic) bond motifs is 1. The third kappa shape index (κ3) is 3.84. The zero-order valence-corrected chi connectivity index (χ0v) is 16.5. The highest BCUT2D eigenvalue weighted by Crippen LogP contribution is 2.24. The van der Waals surface area contributed by atoms with Gasteiger partial charge in [-0.15, -0.1) is 0 Å². The van der Waals surface area contributed by atoms with E-state index < -0.39 is 0 Å². The van der Waals surface area contributed by atoms with Crippen LogP contribution in [0.1, 0.15) is 48.1 Å². The van der Waals surface area contributed by atoms with Gasteiger partial charge >= 0.3 is 0 Å². The van der Waals surface area contributed by atoms with Gasteiger partial charge in [0, 0.05) is 7.05 Å². The van der Waals surface area contributed by atoms with Gasteiger partial charge in [-0.25, -0.2) is 9.67 Å². The van der Waals surface area contributed by atoms with Crippen LogP contribution in [-0.4, -0.2) is 32.6 Å². The van der Waals surface area contributed by atoms with E-state index in [2.05, 4.69) is 35.2 Å². The number of aromatic nitrogens is 3. The van der Waals surface area contributed by atoms with Crippen LogP contribution in [0.5, 0.6) is 0 Å². The fraction of sp³-hybridized carbons (Fsp3) is 0.348. The quantitative estimate of drug-likeness (QED) is 0.680. The van der Waals surface area contributed by atoms with Crippen molar-refractivity contribution in [2.75, 3.05) is 7.05 Å². The first-order valence-corrected chi connectivity index (χ1v) is 9.93. The molecule has 0 unspecified atom stereocenters. The van der Waals surface area contributed by atoms with Crippen molar-refractivity contribution in [1.82, 2.24) is 19.7 Å². The second-order valence-electron chi connectivity index (χ2n) is 7.60. The van der Waals surface area contributed by atoms with Gasteiger partial charge in [0.2, 0.25) is 5.91 Å². The minimum Gasteiger partial charge on any atom is -0.339 e. The zero-order chi connectivity index (χ0) is 19.5. The van der Waals surface area contributed by atoms with Gasteiger partial charge in [0.15, 0.2) is 0 Å². The molecule has 5 heteroatoms. The zero-order valence-electron chi connectivity index (χ0n) is 16.5. The molecule has 4 rings (SSSR count). The molecule has 3 aromatic rings. The number of hydrogen-bond acceptors (Lipinski definition) is 3. The first-order valence-electron chi connectivity index (χ1n) is 9.93. The fourth-order valence-electron chi connectivity index (χ4n) is 3.88. The molecular formula is C23H26N4O. The highest BCUT2D eigenvalue weighted by Gasteiger charge is 2.19. The number of nitrogens with zero attached hydrogens (tertiary/aromatic N) is 4. The summed E-state index contributed by atoms with van der Waals surface area (Å²) in [7, 11) is 1.89. The van der Waals surface area contributed by atoms with Crippen molar-refractivity contribution in [1.29, 1.82) is 0 Å². The monoisotopic (exact) mass is 374 g/mol. The van der Waals surface area contributed by atoms with E-state index in [1.807, 2.05) is 36.2 Å². The molecule has 0 spiro atoms. The molecule has 0 radical (unpaired) electrons. The summed E-state index contributed by atoms with van der Waals surface area (Å²) < 4.78 is 1.72. The van der Waals surface area contributed by atoms with E-state index in [0.717, 1.165) is 23.2 Å². The molecule has 1 atom stereocenters. The van der Waals surface area contributed by atoms with Crippen molar-refractivity contribution >= 4 is 5.91 Å². The maximum Gasteiger partial charge on any atom is 0.227 e. The Hall–Kier alpha value is -2.95. The predicted molar refractivity (Wildman–Crippen MR) is 109 cm³/mol. The van der Waals surface area contributed by atoms with Crippen molar-refractivity contribution in [3.63, 3.8) is 0 Å². The molecule has 1 aromatic heterocycles. The third-order valence-electron chi connectivity index (χ3n) is 5.80. The van der Waals surface area contributed by atoms with Gasteiger partial charge in [0.25, 0.3) is 0 Å². The van der Waals surface area contributed by atoms with Crippen molar-refractivity contribution in [2.24, 2.45) is 0 Å². The topological polar surface area (TPSA) is 51.0 Å². The van der Waals surface area contributed by atoms with Crippen LogP contribution in [0.2, 0.25) is 0 Å². The molecule has 1 aliphatic carbocycles. The Morgan fingerprint density at radius 3 is 2.57 bits per heavy atom. The molecule has 0 aliphatic heterocycles. The lowest BCUT2D eigenvalue weighted by molar-refractivity contribution is -0.131. The van der Waals surface area contributed by atoms with Gasteiger partial charge in [-0.05, 0) is 67.0 Å². The Morgan fingerprint density at radius 2 is 1.86 bits per heavy atom. The fourth-order valence-corrected chi connectivity index (χ4v) is 3.88. The van der Waals surface area contributed by atoms with Crippen LogP contribution >= 0.6 is 0 Å². The summed E-state index contributed by atoms with van der Waals surface area (Å²) in [6.45, 7) is 2.06. The van der Waals surface area contributed by atoms with Crippen LogP contribution in [-0.2, 0) is 24.1 Å². The highest BCUT2D eigenvalue weighted by atomic mass is 16.2. The van der Waals surface area contributed by atoms with E-state index in [-0.39, 0.29) is 11.9 Å². The average molecular weight is 374 g/mol. The largest absolute Gasteiger partial charge is 0.339 e. The molecular weight excluding hydrogens is 348 g/mol. The summed E-state index contributed by atoms with van der Waals surface area (Å²) in [5, 5.41) is 4.14. The Labute approximate surface area is 166 Å². The maximum atomic E-state index is 12.9. The van der Waals surface area contributed by atoms with E-state index >= 15 is 0 Å². The molecule has 1 amide bonds. The van der Waals surface area contributed by atoms with Crippen molar-refractivity contribution < 1.29 is 4.79 Å². The van der Waals surface area contributed by atoms with Crippen molar-refractivity contribution in [3.8, 4) is 5.69 Å². The van der Waals surface area contributed by atoms with E-state index in [1.54, 1.807) is 11.0 Å². The smallest absolute Gasteiger partial charge is 0.227 e. The Balaban J connectivity index is 1.43. The van der Waals surface area contributed by atoms with Gasteiger partial charge in [0.05, 0.1) is 18.2 Å². The lowest BCUT2D eigenvalue weighted by Gasteiger charge is -2.26. The number of benzene rings is 2. The Kier molecular flexibility index (Phi) is 5.24. The molecule has 1 aliphatic rings. The molecule has 0 saturated carbocycles. The number of carbonyl (C=O) groups is 1. The third-order valence-corrected chi connectivity index (χ3v) is 5.80. The SMILES string of the molecule is C[C@H](c1ccc(-n2cncn2)cc1)N(C)C(=O)Cc1ccc2c(c1)CCCC2. The number of hydrogen-bond donors (Lipinski definition) is 0. The standard InChI is InChI=1S/C23H26N4O/c1-17(19-9-11-22(12-10-19)27-16-24-15-25-27)26(2)23(28)14-18-7-8-20-5-3-4-6-21(20)13-18/h7-13,15-17H,3-6,14H2,1-2H3/t17-/m1/s1. The van der Waals surface area contributed by atoms with E-state index in [4.69, 9.17) is 0 Å². The molecule has 1 heterocycles. The summed E-state index contributed by atoms with van der Waals surface area (Å²) in [5.74, 6) is 0.142. The van der Waals surface area contributed by atoms with Crippen LogP contribution < -0.4 is 0 Å². The lowest BCUT2D eigenvalue weighted by Crippen LogP contribution is -2.31. The molecule has 0 fully saturated rings. The molecule has 144 valence electrons. The van der Waals surface area contributed by atoms with E-state index in [9.17, 15) is 4.79 Å². The van der Waals surface area contributed by atoms with Gasteiger partial charge in [-0.3, -0.25) is 4.79 Å². The molecule has 0 saturated heterocycles. The van der Waals surface area contributed by atoms with Gasteiger partial charge < -0.3 is 4.90 Å². The molecule has 0 bridgehead atoms. The minimum atomic E-state index is 0.00919. The van der Waals surface area contributed by atoms with Crippen molar-refractivity contribution in [3.05, 3.63) is 77.4 Å². The second-order valence-corrected chi connectivity index (χ2v) is 7.60. The number of aryl methyl sites for hydroxylation is 2. The molecule has 28 heavy (non-hydrogen) atoms. The van der Waals surface area contributed by atoms with E-state index in [1.165, 1.54) is 36.7 Å². The minimum absolute atomic E-state index is 0.00919. The van der Waals surface area contributed by atoms with Crippen LogP contribution in [0.4, 0.5) is 0 Å². The number of likely N-dealkylation sites (N-methyl/N-ethyl adjacent to an activating group) is 1. The molecule has 2 aromatic carbocycles. The Bertz CT molecular complexity index is 947. The highest BCUT2D eigenvalue weighted by molar-refractivity contribution is 5.79. The summed E-state index contributed by atoms with van der Waals surface area (Å²) in [5.41, 5.74) is 6.06. The molecule has 0 N–H and O–H groups in total. The van der Waals surface area contributed by atoms with Gasteiger partial charge in [-0.1, -0.05) is 30.3 Å². The van der Waals surface area contributed by atoms with Crippen molar-refractivity contribution in [2.45, 2.75) is 45.1 Å². The van der Waals surface area contributed by atoms with Crippen LogP contribution in [0.15, 0.2) is 55.1 Å². The number of rotatable bonds is 5. The number of carbonyl (C=O) groups excluding carboxylic acids is 1. The Morgan fingerprint density at radius 1 is 1.11 bits per heavy atom. The number of amides is 1. The lowest BCUT2D eigenvalue weighted by atomic mass is 9.90. The molecule has 5 nitrogen and oxygen atoms in total. The first-order chi connectivity index (χ1) is 13.6. The average Bonchev–Trinajstić information content (AvgIpc) is 3.27. The van der Waals surface area contributed by atoms with Gasteiger partial charge in [-0.2, -0.15) is 5.10 Å². The summed E-state index contributed by atoms with van der Waals surface area (Å²) in [4.78, 5) is 18.7. The maximum absolute atomic E-state index is 12.9. The summed E-state index contributed by atoms with van der Waals surface area (Å²) in [6, 6.07) is 14.7.